The van der Waals surface area contributed by atoms with E-state index >= 15 is 4.39 Å². The van der Waals surface area contributed by atoms with Gasteiger partial charge in [-0.2, -0.15) is 10.2 Å². The zero-order chi connectivity index (χ0) is 26.9. The van der Waals surface area contributed by atoms with Gasteiger partial charge in [-0.3, -0.25) is 4.72 Å². The van der Waals surface area contributed by atoms with Crippen molar-refractivity contribution in [2.24, 2.45) is 0 Å². The highest BCUT2D eigenvalue weighted by Gasteiger charge is 2.24. The van der Waals surface area contributed by atoms with Gasteiger partial charge < -0.3 is 4.74 Å². The molecule has 0 aliphatic carbocycles. The lowest BCUT2D eigenvalue weighted by Gasteiger charge is -2.17. The molecule has 38 heavy (non-hydrogen) atoms. The first kappa shape index (κ1) is 25.9. The van der Waals surface area contributed by atoms with E-state index < -0.39 is 26.6 Å². The molecule has 5 rings (SSSR count). The van der Waals surface area contributed by atoms with Crippen molar-refractivity contribution >= 4 is 49.7 Å². The number of rotatable bonds is 7. The SMILES string of the molecule is O=S(=O)(Nc1nncs1)c1cc(Cl)c(Oc2ccc(-c3cccc(F)c3)c(Cl)c2-c2ccnnc2)cc1F. The molecule has 5 aromatic rings. The molecule has 3 aromatic carbocycles. The van der Waals surface area contributed by atoms with E-state index in [1.165, 1.54) is 30.0 Å². The van der Waals surface area contributed by atoms with Gasteiger partial charge in [0.1, 0.15) is 33.5 Å². The number of hydrogen-bond donors (Lipinski definition) is 1. The Balaban J connectivity index is 1.57. The maximum Gasteiger partial charge on any atom is 0.266 e. The summed E-state index contributed by atoms with van der Waals surface area (Å²) in [6, 6.07) is 12.5. The van der Waals surface area contributed by atoms with Gasteiger partial charge in [0.15, 0.2) is 0 Å². The first-order valence-corrected chi connectivity index (χ1v) is 13.7. The molecule has 0 bridgehead atoms. The van der Waals surface area contributed by atoms with Crippen LogP contribution in [0.5, 0.6) is 11.5 Å². The van der Waals surface area contributed by atoms with E-state index in [1.54, 1.807) is 30.3 Å². The lowest BCUT2D eigenvalue weighted by atomic mass is 9.98. The summed E-state index contributed by atoms with van der Waals surface area (Å²) < 4.78 is 62.3. The third-order valence-corrected chi connectivity index (χ3v) is 7.97. The van der Waals surface area contributed by atoms with Crippen LogP contribution in [0.3, 0.4) is 0 Å². The Bertz CT molecular complexity index is 1740. The molecule has 0 spiro atoms. The molecule has 0 saturated carbocycles. The number of halogens is 4. The van der Waals surface area contributed by atoms with Crippen molar-refractivity contribution in [3.63, 3.8) is 0 Å². The molecule has 192 valence electrons. The minimum Gasteiger partial charge on any atom is -0.455 e. The largest absolute Gasteiger partial charge is 0.455 e. The zero-order valence-corrected chi connectivity index (χ0v) is 21.9. The summed E-state index contributed by atoms with van der Waals surface area (Å²) in [6.45, 7) is 0. The average Bonchev–Trinajstić information content (AvgIpc) is 3.39. The molecule has 0 saturated heterocycles. The molecular weight excluding hydrogens is 579 g/mol. The van der Waals surface area contributed by atoms with Crippen LogP contribution >= 0.6 is 34.5 Å². The highest BCUT2D eigenvalue weighted by molar-refractivity contribution is 7.93. The second kappa shape index (κ2) is 10.6. The Labute approximate surface area is 228 Å². The molecule has 0 unspecified atom stereocenters. The van der Waals surface area contributed by atoms with Crippen LogP contribution in [0.2, 0.25) is 10.0 Å². The van der Waals surface area contributed by atoms with Crippen molar-refractivity contribution < 1.29 is 21.9 Å². The summed E-state index contributed by atoms with van der Waals surface area (Å²) in [5.74, 6) is -1.57. The maximum atomic E-state index is 15.0. The molecule has 8 nitrogen and oxygen atoms in total. The van der Waals surface area contributed by atoms with Crippen LogP contribution in [0.1, 0.15) is 0 Å². The molecule has 0 amide bonds. The van der Waals surface area contributed by atoms with E-state index in [0.717, 1.165) is 23.5 Å². The van der Waals surface area contributed by atoms with Crippen LogP contribution in [0.4, 0.5) is 13.9 Å². The number of nitrogens with zero attached hydrogens (tertiary/aromatic N) is 4. The van der Waals surface area contributed by atoms with Crippen molar-refractivity contribution in [1.82, 2.24) is 20.4 Å². The smallest absolute Gasteiger partial charge is 0.266 e. The summed E-state index contributed by atoms with van der Waals surface area (Å²) in [4.78, 5) is -0.705. The number of nitrogens with one attached hydrogen (secondary N) is 1. The van der Waals surface area contributed by atoms with Gasteiger partial charge in [0.25, 0.3) is 10.0 Å². The van der Waals surface area contributed by atoms with Crippen LogP contribution in [0, 0.1) is 11.6 Å². The normalized spacial score (nSPS) is 11.4. The van der Waals surface area contributed by atoms with Gasteiger partial charge in [-0.05, 0) is 42.0 Å². The molecule has 14 heteroatoms. The Hall–Kier alpha value is -3.71. The highest BCUT2D eigenvalue weighted by atomic mass is 35.5. The molecular formula is C24H13Cl2F2N5O3S2. The van der Waals surface area contributed by atoms with Gasteiger partial charge in [-0.15, -0.1) is 10.2 Å². The Kier molecular flexibility index (Phi) is 7.21. The fourth-order valence-corrected chi connectivity index (χ4v) is 5.95. The van der Waals surface area contributed by atoms with E-state index in [2.05, 4.69) is 25.1 Å². The number of anilines is 1. The van der Waals surface area contributed by atoms with Crippen LogP contribution in [0.15, 0.2) is 77.4 Å². The van der Waals surface area contributed by atoms with Crippen molar-refractivity contribution in [1.29, 1.82) is 0 Å². The zero-order valence-electron chi connectivity index (χ0n) is 18.8. The van der Waals surface area contributed by atoms with Gasteiger partial charge in [-0.25, -0.2) is 17.2 Å². The summed E-state index contributed by atoms with van der Waals surface area (Å²) in [7, 11) is -4.35. The van der Waals surface area contributed by atoms with Crippen LogP contribution in [-0.4, -0.2) is 28.8 Å². The minimum atomic E-state index is -4.35. The first-order valence-electron chi connectivity index (χ1n) is 10.5. The highest BCUT2D eigenvalue weighted by Crippen LogP contribution is 2.45. The fraction of sp³-hybridized carbons (Fsp3) is 0. The van der Waals surface area contributed by atoms with E-state index in [0.29, 0.717) is 22.3 Å². The number of benzene rings is 3. The summed E-state index contributed by atoms with van der Waals surface area (Å²) in [5, 5.41) is 14.7. The van der Waals surface area contributed by atoms with Crippen molar-refractivity contribution in [2.45, 2.75) is 4.90 Å². The van der Waals surface area contributed by atoms with Crippen molar-refractivity contribution in [3.8, 4) is 33.8 Å². The van der Waals surface area contributed by atoms with E-state index in [9.17, 15) is 12.8 Å². The number of ether oxygens (including phenoxy) is 1. The first-order chi connectivity index (χ1) is 18.2. The average molecular weight is 592 g/mol. The van der Waals surface area contributed by atoms with Crippen LogP contribution in [0.25, 0.3) is 22.3 Å². The third kappa shape index (κ3) is 5.29. The Morgan fingerprint density at radius 3 is 2.47 bits per heavy atom. The quantitative estimate of drug-likeness (QED) is 0.221. The lowest BCUT2D eigenvalue weighted by molar-refractivity contribution is 0.475. The standard InChI is InChI=1S/C24H13Cl2F2N5O3S2/c25-17-9-21(38(34,35)33-24-32-31-12-37-24)18(28)10-20(17)36-19-5-4-16(13-2-1-3-15(27)8-13)23(26)22(19)14-6-7-29-30-11-14/h1-12H,(H,32,33). The van der Waals surface area contributed by atoms with Gasteiger partial charge in [0.05, 0.1) is 22.4 Å². The summed E-state index contributed by atoms with van der Waals surface area (Å²) in [5.41, 5.74) is 3.21. The molecule has 0 aliphatic heterocycles. The summed E-state index contributed by atoms with van der Waals surface area (Å²) in [6.07, 6.45) is 2.89. The molecule has 0 aliphatic rings. The Morgan fingerprint density at radius 1 is 0.921 bits per heavy atom. The van der Waals surface area contributed by atoms with E-state index in [-0.39, 0.29) is 26.7 Å². The van der Waals surface area contributed by atoms with Crippen molar-refractivity contribution in [3.05, 3.63) is 94.2 Å². The predicted octanol–water partition coefficient (Wildman–Crippen LogP) is 6.84. The van der Waals surface area contributed by atoms with Crippen LogP contribution in [-0.2, 0) is 10.0 Å². The van der Waals surface area contributed by atoms with E-state index in [1.807, 2.05) is 0 Å². The van der Waals surface area contributed by atoms with Gasteiger partial charge in [0.2, 0.25) is 5.13 Å². The van der Waals surface area contributed by atoms with E-state index in [4.69, 9.17) is 27.9 Å². The fourth-order valence-electron chi connectivity index (χ4n) is 3.53. The number of aromatic nitrogens is 4. The molecule has 0 fully saturated rings. The van der Waals surface area contributed by atoms with Gasteiger partial charge in [0, 0.05) is 22.8 Å². The molecule has 2 heterocycles. The summed E-state index contributed by atoms with van der Waals surface area (Å²) >= 11 is 14.0. The van der Waals surface area contributed by atoms with Crippen molar-refractivity contribution in [2.75, 3.05) is 4.72 Å². The number of sulfonamides is 1. The lowest BCUT2D eigenvalue weighted by Crippen LogP contribution is -2.14. The third-order valence-electron chi connectivity index (χ3n) is 5.19. The number of hydrogen-bond acceptors (Lipinski definition) is 8. The van der Waals surface area contributed by atoms with Gasteiger partial charge >= 0.3 is 0 Å². The molecule has 1 N–H and O–H groups in total. The monoisotopic (exact) mass is 591 g/mol. The molecule has 0 atom stereocenters. The predicted molar refractivity (Wildman–Crippen MR) is 140 cm³/mol. The molecule has 2 aromatic heterocycles. The Morgan fingerprint density at radius 2 is 1.76 bits per heavy atom. The molecule has 0 radical (unpaired) electrons. The second-order valence-corrected chi connectivity index (χ2v) is 10.9. The minimum absolute atomic E-state index is 0.0375. The van der Waals surface area contributed by atoms with Crippen LogP contribution < -0.4 is 9.46 Å². The second-order valence-electron chi connectivity index (χ2n) is 7.61. The maximum absolute atomic E-state index is 15.0. The van der Waals surface area contributed by atoms with Gasteiger partial charge in [-0.1, -0.05) is 46.7 Å². The topological polar surface area (TPSA) is 107 Å².